The van der Waals surface area contributed by atoms with Gasteiger partial charge in [-0.1, -0.05) is 36.4 Å². The minimum absolute atomic E-state index is 0.208. The van der Waals surface area contributed by atoms with Crippen LogP contribution in [0.4, 0.5) is 27.5 Å². The van der Waals surface area contributed by atoms with Gasteiger partial charge in [-0.05, 0) is 67.4 Å². The van der Waals surface area contributed by atoms with Crippen molar-refractivity contribution in [3.63, 3.8) is 0 Å². The molecule has 0 saturated carbocycles. The average molecular weight is 631 g/mol. The summed E-state index contributed by atoms with van der Waals surface area (Å²) in [6, 6.07) is 24.4. The predicted molar refractivity (Wildman–Crippen MR) is 182 cm³/mol. The third kappa shape index (κ3) is 6.67. The number of amides is 2. The molecule has 0 aliphatic heterocycles. The standard InChI is InChI=1S/C34H33Cl2N5O3/c1-21-10-11-23(38-34(43)44-25-14-12-24(13-15-25)41(18-16-35)19-17-36)20-29(21)39-31-26-7-4-6-22(2)30(26)40-32-27(31)8-5-9-28(32)33(42)37-3/h4-15,20H,16-19H2,1-3H3,(H,37,42)(H,38,43)(H,39,40). The molecule has 44 heavy (non-hydrogen) atoms. The van der Waals surface area contributed by atoms with Gasteiger partial charge in [-0.15, -0.1) is 23.2 Å². The van der Waals surface area contributed by atoms with Gasteiger partial charge in [-0.2, -0.15) is 0 Å². The Morgan fingerprint density at radius 2 is 1.52 bits per heavy atom. The summed E-state index contributed by atoms with van der Waals surface area (Å²) in [5, 5.41) is 10.8. The number of para-hydroxylation sites is 2. The number of nitrogens with zero attached hydrogens (tertiary/aromatic N) is 2. The highest BCUT2D eigenvalue weighted by molar-refractivity contribution is 6.18. The van der Waals surface area contributed by atoms with Crippen LogP contribution < -0.4 is 25.6 Å². The molecule has 10 heteroatoms. The number of carbonyl (C=O) groups is 2. The molecule has 8 nitrogen and oxygen atoms in total. The zero-order chi connectivity index (χ0) is 31.2. The van der Waals surface area contributed by atoms with Gasteiger partial charge in [-0.3, -0.25) is 10.1 Å². The second-order valence-electron chi connectivity index (χ2n) is 10.3. The minimum Gasteiger partial charge on any atom is -0.410 e. The monoisotopic (exact) mass is 629 g/mol. The Bertz CT molecular complexity index is 1820. The van der Waals surface area contributed by atoms with Crippen molar-refractivity contribution < 1.29 is 14.3 Å². The highest BCUT2D eigenvalue weighted by atomic mass is 35.5. The molecule has 0 aliphatic rings. The van der Waals surface area contributed by atoms with Crippen molar-refractivity contribution in [3.05, 3.63) is 95.6 Å². The second-order valence-corrected chi connectivity index (χ2v) is 11.0. The fourth-order valence-electron chi connectivity index (χ4n) is 5.10. The van der Waals surface area contributed by atoms with E-state index in [0.717, 1.165) is 44.5 Å². The number of anilines is 4. The molecule has 5 aromatic rings. The fourth-order valence-corrected chi connectivity index (χ4v) is 5.51. The number of benzene rings is 4. The lowest BCUT2D eigenvalue weighted by Gasteiger charge is -2.22. The number of halogens is 2. The van der Waals surface area contributed by atoms with E-state index in [1.54, 1.807) is 25.2 Å². The zero-order valence-electron chi connectivity index (χ0n) is 24.7. The summed E-state index contributed by atoms with van der Waals surface area (Å²) >= 11 is 11.8. The van der Waals surface area contributed by atoms with Crippen LogP contribution in [-0.2, 0) is 0 Å². The normalized spacial score (nSPS) is 10.9. The van der Waals surface area contributed by atoms with E-state index >= 15 is 0 Å². The first-order valence-corrected chi connectivity index (χ1v) is 15.3. The van der Waals surface area contributed by atoms with E-state index in [-0.39, 0.29) is 5.91 Å². The van der Waals surface area contributed by atoms with Crippen molar-refractivity contribution in [3.8, 4) is 5.75 Å². The molecule has 0 bridgehead atoms. The summed E-state index contributed by atoms with van der Waals surface area (Å²) in [6.45, 7) is 5.31. The maximum Gasteiger partial charge on any atom is 0.417 e. The van der Waals surface area contributed by atoms with Gasteiger partial charge in [0.15, 0.2) is 0 Å². The number of alkyl halides is 2. The highest BCUT2D eigenvalue weighted by Crippen LogP contribution is 2.37. The van der Waals surface area contributed by atoms with Gasteiger partial charge in [-0.25, -0.2) is 9.78 Å². The molecule has 2 amide bonds. The maximum atomic E-state index is 12.8. The number of aromatic nitrogens is 1. The van der Waals surface area contributed by atoms with Crippen molar-refractivity contribution in [1.29, 1.82) is 0 Å². The molecule has 5 rings (SSSR count). The first-order valence-electron chi connectivity index (χ1n) is 14.2. The van der Waals surface area contributed by atoms with Crippen molar-refractivity contribution in [2.45, 2.75) is 13.8 Å². The molecular weight excluding hydrogens is 597 g/mol. The Kier molecular flexibility index (Phi) is 9.72. The molecule has 0 saturated heterocycles. The SMILES string of the molecule is CNC(=O)c1cccc2c(Nc3cc(NC(=O)Oc4ccc(N(CCCl)CCCl)cc4)ccc3C)c3cccc(C)c3nc12. The van der Waals surface area contributed by atoms with E-state index in [2.05, 4.69) is 20.9 Å². The zero-order valence-corrected chi connectivity index (χ0v) is 26.2. The van der Waals surface area contributed by atoms with E-state index in [1.807, 2.05) is 74.5 Å². The largest absolute Gasteiger partial charge is 0.417 e. The van der Waals surface area contributed by atoms with E-state index < -0.39 is 6.09 Å². The van der Waals surface area contributed by atoms with Gasteiger partial charge in [0.1, 0.15) is 5.75 Å². The van der Waals surface area contributed by atoms with Crippen LogP contribution in [0.2, 0.25) is 0 Å². The first-order chi connectivity index (χ1) is 21.3. The van der Waals surface area contributed by atoms with Gasteiger partial charge < -0.3 is 20.3 Å². The maximum absolute atomic E-state index is 12.8. The molecule has 0 unspecified atom stereocenters. The summed E-state index contributed by atoms with van der Waals surface area (Å²) in [4.78, 5) is 32.5. The molecule has 0 radical (unpaired) electrons. The number of nitrogens with one attached hydrogen (secondary N) is 3. The number of pyridine rings is 1. The average Bonchev–Trinajstić information content (AvgIpc) is 3.02. The Balaban J connectivity index is 1.42. The van der Waals surface area contributed by atoms with Gasteiger partial charge in [0.05, 0.1) is 22.3 Å². The number of rotatable bonds is 10. The molecule has 0 atom stereocenters. The van der Waals surface area contributed by atoms with Crippen LogP contribution in [0.3, 0.4) is 0 Å². The topological polar surface area (TPSA) is 95.6 Å². The lowest BCUT2D eigenvalue weighted by Crippen LogP contribution is -2.27. The second kappa shape index (κ2) is 13.8. The third-order valence-corrected chi connectivity index (χ3v) is 7.71. The molecule has 0 fully saturated rings. The highest BCUT2D eigenvalue weighted by Gasteiger charge is 2.17. The Morgan fingerprint density at radius 3 is 2.20 bits per heavy atom. The molecule has 226 valence electrons. The van der Waals surface area contributed by atoms with Crippen LogP contribution in [0.15, 0.2) is 78.9 Å². The van der Waals surface area contributed by atoms with Crippen molar-refractivity contribution in [2.24, 2.45) is 0 Å². The Labute approximate surface area is 266 Å². The summed E-state index contributed by atoms with van der Waals surface area (Å²) in [5.74, 6) is 1.16. The lowest BCUT2D eigenvalue weighted by atomic mass is 10.0. The van der Waals surface area contributed by atoms with E-state index in [9.17, 15) is 9.59 Å². The molecule has 3 N–H and O–H groups in total. The molecule has 0 spiro atoms. The first kappa shape index (κ1) is 30.9. The van der Waals surface area contributed by atoms with Gasteiger partial charge in [0.2, 0.25) is 0 Å². The minimum atomic E-state index is -0.614. The molecular formula is C34H33Cl2N5O3. The summed E-state index contributed by atoms with van der Waals surface area (Å²) in [6.07, 6.45) is -0.614. The third-order valence-electron chi connectivity index (χ3n) is 7.37. The molecule has 1 heterocycles. The van der Waals surface area contributed by atoms with E-state index in [1.165, 1.54) is 0 Å². The van der Waals surface area contributed by atoms with E-state index in [4.69, 9.17) is 32.9 Å². The van der Waals surface area contributed by atoms with Gasteiger partial charge in [0, 0.05) is 59.7 Å². The Hall–Kier alpha value is -4.53. The quantitative estimate of drug-likeness (QED) is 0.107. The number of hydrogen-bond acceptors (Lipinski definition) is 6. The summed E-state index contributed by atoms with van der Waals surface area (Å²) in [7, 11) is 1.61. The summed E-state index contributed by atoms with van der Waals surface area (Å²) < 4.78 is 5.55. The predicted octanol–water partition coefficient (Wildman–Crippen LogP) is 8.00. The molecule has 0 aliphatic carbocycles. The van der Waals surface area contributed by atoms with Crippen LogP contribution >= 0.6 is 23.2 Å². The number of fused-ring (bicyclic) bond motifs is 2. The van der Waals surface area contributed by atoms with Crippen molar-refractivity contribution in [1.82, 2.24) is 10.3 Å². The van der Waals surface area contributed by atoms with E-state index in [0.29, 0.717) is 47.4 Å². The van der Waals surface area contributed by atoms with Crippen LogP contribution in [0, 0.1) is 13.8 Å². The number of hydrogen-bond donors (Lipinski definition) is 3. The van der Waals surface area contributed by atoms with Crippen LogP contribution in [-0.4, -0.2) is 48.9 Å². The van der Waals surface area contributed by atoms with Gasteiger partial charge >= 0.3 is 6.09 Å². The summed E-state index contributed by atoms with van der Waals surface area (Å²) in [5.41, 5.74) is 6.96. The molecule has 1 aromatic heterocycles. The lowest BCUT2D eigenvalue weighted by molar-refractivity contribution is 0.0964. The number of carbonyl (C=O) groups excluding carboxylic acids is 2. The van der Waals surface area contributed by atoms with Crippen molar-refractivity contribution >= 4 is 79.8 Å². The molecule has 4 aromatic carbocycles. The van der Waals surface area contributed by atoms with Gasteiger partial charge in [0.25, 0.3) is 5.91 Å². The Morgan fingerprint density at radius 1 is 0.841 bits per heavy atom. The van der Waals surface area contributed by atoms with Crippen molar-refractivity contribution in [2.75, 3.05) is 47.4 Å². The van der Waals surface area contributed by atoms with Crippen LogP contribution in [0.1, 0.15) is 21.5 Å². The number of ether oxygens (including phenoxy) is 1. The van der Waals surface area contributed by atoms with Crippen LogP contribution in [0.5, 0.6) is 5.75 Å². The smallest absolute Gasteiger partial charge is 0.410 e. The number of aryl methyl sites for hydroxylation is 2. The fraction of sp³-hybridized carbons (Fsp3) is 0.206. The van der Waals surface area contributed by atoms with Crippen LogP contribution in [0.25, 0.3) is 21.8 Å².